The van der Waals surface area contributed by atoms with Crippen LogP contribution in [-0.2, 0) is 4.74 Å². The van der Waals surface area contributed by atoms with Gasteiger partial charge in [0.2, 0.25) is 5.90 Å². The second-order valence-electron chi connectivity index (χ2n) is 2.92. The minimum Gasteiger partial charge on any atom is -0.482 e. The summed E-state index contributed by atoms with van der Waals surface area (Å²) < 4.78 is 32.5. The Balaban J connectivity index is 2.85. The Morgan fingerprint density at radius 3 is 2.69 bits per heavy atom. The van der Waals surface area contributed by atoms with Crippen LogP contribution in [0.1, 0.15) is 11.7 Å². The third-order valence-electron chi connectivity index (χ3n) is 1.87. The van der Waals surface area contributed by atoms with Crippen molar-refractivity contribution in [1.29, 1.82) is 5.41 Å². The largest absolute Gasteiger partial charge is 0.482 e. The molecular formula is C10H11F2NO3. The van der Waals surface area contributed by atoms with Crippen LogP contribution in [-0.4, -0.2) is 24.7 Å². The first-order valence-corrected chi connectivity index (χ1v) is 4.40. The van der Waals surface area contributed by atoms with Crippen LogP contribution >= 0.6 is 0 Å². The maximum atomic E-state index is 11.9. The molecule has 0 saturated carbocycles. The molecule has 6 heteroatoms. The van der Waals surface area contributed by atoms with E-state index in [0.717, 1.165) is 0 Å². The van der Waals surface area contributed by atoms with Gasteiger partial charge in [0.25, 0.3) is 0 Å². The van der Waals surface area contributed by atoms with Crippen LogP contribution in [0.5, 0.6) is 5.75 Å². The molecule has 1 aromatic rings. The molecule has 0 aliphatic carbocycles. The SMILES string of the molecule is COC(=N)C(O)c1cccc(OC(F)F)c1. The Bertz CT molecular complexity index is 371. The molecule has 0 aliphatic heterocycles. The maximum Gasteiger partial charge on any atom is 0.387 e. The highest BCUT2D eigenvalue weighted by Gasteiger charge is 2.15. The normalized spacial score (nSPS) is 12.3. The van der Waals surface area contributed by atoms with Crippen LogP contribution in [0, 0.1) is 5.41 Å². The predicted octanol–water partition coefficient (Wildman–Crippen LogP) is 1.95. The highest BCUT2D eigenvalue weighted by atomic mass is 19.3. The summed E-state index contributed by atoms with van der Waals surface area (Å²) in [5, 5.41) is 16.8. The van der Waals surface area contributed by atoms with Crippen molar-refractivity contribution in [2.45, 2.75) is 12.7 Å². The van der Waals surface area contributed by atoms with Gasteiger partial charge in [-0.25, -0.2) is 0 Å². The summed E-state index contributed by atoms with van der Waals surface area (Å²) >= 11 is 0. The molecule has 0 aromatic heterocycles. The van der Waals surface area contributed by atoms with Crippen molar-refractivity contribution in [3.63, 3.8) is 0 Å². The van der Waals surface area contributed by atoms with E-state index in [1.807, 2.05) is 0 Å². The number of alkyl halides is 2. The summed E-state index contributed by atoms with van der Waals surface area (Å²) in [4.78, 5) is 0. The Morgan fingerprint density at radius 2 is 2.12 bits per heavy atom. The molecule has 0 amide bonds. The van der Waals surface area contributed by atoms with Gasteiger partial charge in [0.1, 0.15) is 5.75 Å². The van der Waals surface area contributed by atoms with Gasteiger partial charge in [-0.3, -0.25) is 5.41 Å². The lowest BCUT2D eigenvalue weighted by Crippen LogP contribution is -2.13. The van der Waals surface area contributed by atoms with Crippen LogP contribution in [0.25, 0.3) is 0 Å². The molecule has 0 aliphatic rings. The molecule has 88 valence electrons. The van der Waals surface area contributed by atoms with Gasteiger partial charge in [-0.1, -0.05) is 12.1 Å². The second-order valence-corrected chi connectivity index (χ2v) is 2.92. The van der Waals surface area contributed by atoms with E-state index in [4.69, 9.17) is 5.41 Å². The summed E-state index contributed by atoms with van der Waals surface area (Å²) in [6.45, 7) is -2.92. The van der Waals surface area contributed by atoms with Gasteiger partial charge in [0.15, 0.2) is 6.10 Å². The summed E-state index contributed by atoms with van der Waals surface area (Å²) in [5.74, 6) is -0.440. The molecule has 4 nitrogen and oxygen atoms in total. The third-order valence-corrected chi connectivity index (χ3v) is 1.87. The number of aliphatic hydroxyl groups is 1. The molecule has 0 heterocycles. The fourth-order valence-corrected chi connectivity index (χ4v) is 1.12. The van der Waals surface area contributed by atoms with E-state index in [0.29, 0.717) is 0 Å². The first kappa shape index (κ1) is 12.4. The van der Waals surface area contributed by atoms with Crippen LogP contribution in [0.3, 0.4) is 0 Å². The highest BCUT2D eigenvalue weighted by molar-refractivity contribution is 5.78. The molecule has 0 bridgehead atoms. The Kier molecular flexibility index (Phi) is 4.19. The molecule has 0 fully saturated rings. The zero-order chi connectivity index (χ0) is 12.1. The number of benzene rings is 1. The Morgan fingerprint density at radius 1 is 1.44 bits per heavy atom. The molecule has 1 atom stereocenters. The highest BCUT2D eigenvalue weighted by Crippen LogP contribution is 2.21. The van der Waals surface area contributed by atoms with Crippen LogP contribution in [0.4, 0.5) is 8.78 Å². The van der Waals surface area contributed by atoms with Crippen molar-refractivity contribution in [2.75, 3.05) is 7.11 Å². The van der Waals surface area contributed by atoms with Crippen molar-refractivity contribution >= 4 is 5.90 Å². The predicted molar refractivity (Wildman–Crippen MR) is 52.8 cm³/mol. The van der Waals surface area contributed by atoms with Crippen molar-refractivity contribution in [3.8, 4) is 5.75 Å². The van der Waals surface area contributed by atoms with E-state index in [9.17, 15) is 13.9 Å². The third kappa shape index (κ3) is 3.16. The van der Waals surface area contributed by atoms with Gasteiger partial charge >= 0.3 is 6.61 Å². The van der Waals surface area contributed by atoms with Crippen molar-refractivity contribution in [2.24, 2.45) is 0 Å². The fourth-order valence-electron chi connectivity index (χ4n) is 1.12. The van der Waals surface area contributed by atoms with Gasteiger partial charge in [-0.2, -0.15) is 8.78 Å². The second kappa shape index (κ2) is 5.41. The van der Waals surface area contributed by atoms with E-state index in [1.54, 1.807) is 0 Å². The number of ether oxygens (including phenoxy) is 2. The van der Waals surface area contributed by atoms with Gasteiger partial charge in [-0.15, -0.1) is 0 Å². The lowest BCUT2D eigenvalue weighted by atomic mass is 10.1. The van der Waals surface area contributed by atoms with Crippen LogP contribution < -0.4 is 4.74 Å². The zero-order valence-corrected chi connectivity index (χ0v) is 8.48. The van der Waals surface area contributed by atoms with E-state index < -0.39 is 12.7 Å². The van der Waals surface area contributed by atoms with Crippen LogP contribution in [0.15, 0.2) is 24.3 Å². The maximum absolute atomic E-state index is 11.9. The minimum atomic E-state index is -2.92. The van der Waals surface area contributed by atoms with Crippen LogP contribution in [0.2, 0.25) is 0 Å². The summed E-state index contributed by atoms with van der Waals surface area (Å²) in [7, 11) is 1.24. The number of aliphatic hydroxyl groups excluding tert-OH is 1. The molecule has 0 radical (unpaired) electrons. The minimum absolute atomic E-state index is 0.0737. The zero-order valence-electron chi connectivity index (χ0n) is 8.48. The molecule has 0 spiro atoms. The summed E-state index contributed by atoms with van der Waals surface area (Å²) in [6.07, 6.45) is -1.29. The van der Waals surface area contributed by atoms with E-state index in [1.165, 1.54) is 31.4 Å². The van der Waals surface area contributed by atoms with Gasteiger partial charge < -0.3 is 14.6 Å². The van der Waals surface area contributed by atoms with E-state index in [-0.39, 0.29) is 17.2 Å². The molecule has 16 heavy (non-hydrogen) atoms. The van der Waals surface area contributed by atoms with E-state index in [2.05, 4.69) is 9.47 Å². The van der Waals surface area contributed by atoms with Crippen molar-refractivity contribution in [3.05, 3.63) is 29.8 Å². The quantitative estimate of drug-likeness (QED) is 0.615. The summed E-state index contributed by atoms with van der Waals surface area (Å²) in [5.41, 5.74) is 0.255. The number of hydrogen-bond donors (Lipinski definition) is 2. The first-order valence-electron chi connectivity index (χ1n) is 4.40. The lowest BCUT2D eigenvalue weighted by Gasteiger charge is -2.12. The summed E-state index contributed by atoms with van der Waals surface area (Å²) in [6, 6.07) is 5.49. The number of hydrogen-bond acceptors (Lipinski definition) is 4. The number of rotatable bonds is 4. The molecule has 0 saturated heterocycles. The monoisotopic (exact) mass is 231 g/mol. The van der Waals surface area contributed by atoms with Gasteiger partial charge in [0.05, 0.1) is 7.11 Å². The molecule has 2 N–H and O–H groups in total. The fraction of sp³-hybridized carbons (Fsp3) is 0.300. The average molecular weight is 231 g/mol. The van der Waals surface area contributed by atoms with E-state index >= 15 is 0 Å². The van der Waals surface area contributed by atoms with Crippen molar-refractivity contribution in [1.82, 2.24) is 0 Å². The van der Waals surface area contributed by atoms with Gasteiger partial charge in [-0.05, 0) is 17.7 Å². The van der Waals surface area contributed by atoms with Crippen molar-refractivity contribution < 1.29 is 23.4 Å². The molecule has 1 aromatic carbocycles. The number of methoxy groups -OCH3 is 1. The number of nitrogens with one attached hydrogen (secondary N) is 1. The first-order chi connectivity index (χ1) is 7.54. The molecule has 1 unspecified atom stereocenters. The Hall–Kier alpha value is -1.69. The lowest BCUT2D eigenvalue weighted by molar-refractivity contribution is -0.0499. The smallest absolute Gasteiger partial charge is 0.387 e. The van der Waals surface area contributed by atoms with Gasteiger partial charge in [0, 0.05) is 0 Å². The molecular weight excluding hydrogens is 220 g/mol. The number of halogens is 2. The standard InChI is InChI=1S/C10H11F2NO3/c1-15-9(13)8(14)6-3-2-4-7(5-6)16-10(11)12/h2-5,8,10,13-14H,1H3. The Labute approximate surface area is 90.9 Å². The topological polar surface area (TPSA) is 62.5 Å². The average Bonchev–Trinajstić information content (AvgIpc) is 2.26. The molecule has 1 rings (SSSR count).